The summed E-state index contributed by atoms with van der Waals surface area (Å²) >= 11 is 3.40. The first-order valence-corrected chi connectivity index (χ1v) is 6.53. The van der Waals surface area contributed by atoms with Crippen LogP contribution in [0.3, 0.4) is 0 Å². The van der Waals surface area contributed by atoms with Crippen molar-refractivity contribution in [1.82, 2.24) is 0 Å². The number of halogens is 1. The molecule has 0 aliphatic carbocycles. The highest BCUT2D eigenvalue weighted by molar-refractivity contribution is 9.10. The summed E-state index contributed by atoms with van der Waals surface area (Å²) in [6, 6.07) is 12.2. The van der Waals surface area contributed by atoms with E-state index in [1.807, 2.05) is 19.1 Å². The first kappa shape index (κ1) is 13.5. The molecular formula is C15H12BrNO2. The average molecular weight is 318 g/mol. The van der Waals surface area contributed by atoms with Crippen LogP contribution in [0.1, 0.15) is 26.3 Å². The number of carbonyl (C=O) groups is 2. The highest BCUT2D eigenvalue weighted by Crippen LogP contribution is 2.20. The molecule has 0 atom stereocenters. The minimum atomic E-state index is -0.169. The third-order valence-electron chi connectivity index (χ3n) is 2.82. The summed E-state index contributed by atoms with van der Waals surface area (Å²) in [4.78, 5) is 22.7. The molecule has 19 heavy (non-hydrogen) atoms. The molecule has 2 rings (SSSR count). The maximum absolute atomic E-state index is 12.1. The van der Waals surface area contributed by atoms with Crippen LogP contribution < -0.4 is 5.32 Å². The van der Waals surface area contributed by atoms with Crippen molar-refractivity contribution >= 4 is 33.8 Å². The largest absolute Gasteiger partial charge is 0.322 e. The van der Waals surface area contributed by atoms with Gasteiger partial charge in [0.2, 0.25) is 0 Å². The van der Waals surface area contributed by atoms with Gasteiger partial charge in [-0.05, 0) is 48.9 Å². The lowest BCUT2D eigenvalue weighted by molar-refractivity contribution is 0.102. The molecule has 0 saturated carbocycles. The lowest BCUT2D eigenvalue weighted by atomic mass is 10.1. The van der Waals surface area contributed by atoms with Crippen molar-refractivity contribution in [1.29, 1.82) is 0 Å². The summed E-state index contributed by atoms with van der Waals surface area (Å²) in [5.74, 6) is -0.169. The van der Waals surface area contributed by atoms with Crippen LogP contribution in [0.15, 0.2) is 46.9 Å². The van der Waals surface area contributed by atoms with E-state index in [-0.39, 0.29) is 5.91 Å². The number of anilines is 1. The number of hydrogen-bond acceptors (Lipinski definition) is 2. The van der Waals surface area contributed by atoms with Crippen molar-refractivity contribution in [3.8, 4) is 0 Å². The van der Waals surface area contributed by atoms with E-state index in [1.54, 1.807) is 30.3 Å². The SMILES string of the molecule is Cc1c(Br)cccc1C(=O)Nc1ccc(C=O)cc1. The quantitative estimate of drug-likeness (QED) is 0.875. The number of hydrogen-bond donors (Lipinski definition) is 1. The Morgan fingerprint density at radius 3 is 2.47 bits per heavy atom. The molecule has 96 valence electrons. The Bertz CT molecular complexity index is 621. The fourth-order valence-electron chi connectivity index (χ4n) is 1.70. The van der Waals surface area contributed by atoms with Gasteiger partial charge in [0.05, 0.1) is 0 Å². The zero-order valence-corrected chi connectivity index (χ0v) is 11.9. The van der Waals surface area contributed by atoms with Gasteiger partial charge in [0, 0.05) is 21.3 Å². The third-order valence-corrected chi connectivity index (χ3v) is 3.68. The predicted molar refractivity (Wildman–Crippen MR) is 78.7 cm³/mol. The molecule has 0 aromatic heterocycles. The summed E-state index contributed by atoms with van der Waals surface area (Å²) in [7, 11) is 0. The molecule has 0 bridgehead atoms. The number of benzene rings is 2. The molecule has 0 spiro atoms. The van der Waals surface area contributed by atoms with Gasteiger partial charge in [-0.2, -0.15) is 0 Å². The van der Waals surface area contributed by atoms with Crippen LogP contribution in [0, 0.1) is 6.92 Å². The second kappa shape index (κ2) is 5.80. The van der Waals surface area contributed by atoms with Crippen LogP contribution in [0.5, 0.6) is 0 Å². The van der Waals surface area contributed by atoms with Gasteiger partial charge < -0.3 is 5.32 Å². The van der Waals surface area contributed by atoms with E-state index < -0.39 is 0 Å². The van der Waals surface area contributed by atoms with Crippen LogP contribution in [-0.2, 0) is 0 Å². The zero-order chi connectivity index (χ0) is 13.8. The van der Waals surface area contributed by atoms with Gasteiger partial charge in [0.15, 0.2) is 0 Å². The van der Waals surface area contributed by atoms with Crippen LogP contribution in [0.25, 0.3) is 0 Å². The molecule has 3 nitrogen and oxygen atoms in total. The van der Waals surface area contributed by atoms with E-state index >= 15 is 0 Å². The average Bonchev–Trinajstić information content (AvgIpc) is 2.42. The van der Waals surface area contributed by atoms with Gasteiger partial charge in [-0.25, -0.2) is 0 Å². The Labute approximate surface area is 119 Å². The summed E-state index contributed by atoms with van der Waals surface area (Å²) in [6.45, 7) is 1.88. The highest BCUT2D eigenvalue weighted by atomic mass is 79.9. The van der Waals surface area contributed by atoms with Gasteiger partial charge in [0.1, 0.15) is 6.29 Å². The normalized spacial score (nSPS) is 10.0. The number of aldehydes is 1. The van der Waals surface area contributed by atoms with Gasteiger partial charge in [-0.3, -0.25) is 9.59 Å². The molecule has 0 aliphatic heterocycles. The second-order valence-corrected chi connectivity index (χ2v) is 4.96. The van der Waals surface area contributed by atoms with E-state index in [0.717, 1.165) is 16.3 Å². The van der Waals surface area contributed by atoms with Gasteiger partial charge in [0.25, 0.3) is 5.91 Å². The Morgan fingerprint density at radius 2 is 1.84 bits per heavy atom. The van der Waals surface area contributed by atoms with Gasteiger partial charge in [-0.15, -0.1) is 0 Å². The number of nitrogens with one attached hydrogen (secondary N) is 1. The highest BCUT2D eigenvalue weighted by Gasteiger charge is 2.10. The lowest BCUT2D eigenvalue weighted by Gasteiger charge is -2.09. The predicted octanol–water partition coefficient (Wildman–Crippen LogP) is 3.82. The fraction of sp³-hybridized carbons (Fsp3) is 0.0667. The third kappa shape index (κ3) is 3.09. The van der Waals surface area contributed by atoms with Crippen molar-refractivity contribution in [2.75, 3.05) is 5.32 Å². The van der Waals surface area contributed by atoms with Gasteiger partial charge in [-0.1, -0.05) is 22.0 Å². The summed E-state index contributed by atoms with van der Waals surface area (Å²) in [6.07, 6.45) is 0.768. The molecule has 0 unspecified atom stereocenters. The Hall–Kier alpha value is -1.94. The Kier molecular flexibility index (Phi) is 4.12. The molecule has 2 aromatic carbocycles. The van der Waals surface area contributed by atoms with Crippen molar-refractivity contribution in [2.24, 2.45) is 0 Å². The summed E-state index contributed by atoms with van der Waals surface area (Å²) < 4.78 is 0.899. The monoisotopic (exact) mass is 317 g/mol. The molecule has 0 radical (unpaired) electrons. The van der Waals surface area contributed by atoms with Crippen LogP contribution in [0.2, 0.25) is 0 Å². The molecule has 0 saturated heterocycles. The second-order valence-electron chi connectivity index (χ2n) is 4.11. The molecule has 0 heterocycles. The molecule has 1 N–H and O–H groups in total. The van der Waals surface area contributed by atoms with Gasteiger partial charge >= 0.3 is 0 Å². The molecule has 1 amide bonds. The molecule has 0 fully saturated rings. The maximum Gasteiger partial charge on any atom is 0.255 e. The van der Waals surface area contributed by atoms with E-state index in [4.69, 9.17) is 0 Å². The minimum Gasteiger partial charge on any atom is -0.322 e. The maximum atomic E-state index is 12.1. The standard InChI is InChI=1S/C15H12BrNO2/c1-10-13(3-2-4-14(10)16)15(19)17-12-7-5-11(9-18)6-8-12/h2-9H,1H3,(H,17,19). The molecular weight excluding hydrogens is 306 g/mol. The fourth-order valence-corrected chi connectivity index (χ4v) is 2.06. The number of rotatable bonds is 3. The Morgan fingerprint density at radius 1 is 1.16 bits per heavy atom. The van der Waals surface area contributed by atoms with E-state index in [2.05, 4.69) is 21.2 Å². The van der Waals surface area contributed by atoms with E-state index in [0.29, 0.717) is 16.8 Å². The van der Waals surface area contributed by atoms with Crippen molar-refractivity contribution in [2.45, 2.75) is 6.92 Å². The van der Waals surface area contributed by atoms with Crippen molar-refractivity contribution in [3.63, 3.8) is 0 Å². The topological polar surface area (TPSA) is 46.2 Å². The van der Waals surface area contributed by atoms with Crippen LogP contribution >= 0.6 is 15.9 Å². The first-order valence-electron chi connectivity index (χ1n) is 5.73. The van der Waals surface area contributed by atoms with Crippen LogP contribution in [0.4, 0.5) is 5.69 Å². The summed E-state index contributed by atoms with van der Waals surface area (Å²) in [5.41, 5.74) is 2.75. The smallest absolute Gasteiger partial charge is 0.255 e. The lowest BCUT2D eigenvalue weighted by Crippen LogP contribution is -2.13. The molecule has 0 aliphatic rings. The Balaban J connectivity index is 2.20. The number of amides is 1. The van der Waals surface area contributed by atoms with Crippen molar-refractivity contribution in [3.05, 3.63) is 63.6 Å². The van der Waals surface area contributed by atoms with E-state index in [1.165, 1.54) is 0 Å². The molecule has 2 aromatic rings. The van der Waals surface area contributed by atoms with Crippen LogP contribution in [-0.4, -0.2) is 12.2 Å². The van der Waals surface area contributed by atoms with Crippen molar-refractivity contribution < 1.29 is 9.59 Å². The van der Waals surface area contributed by atoms with E-state index in [9.17, 15) is 9.59 Å². The number of carbonyl (C=O) groups excluding carboxylic acids is 2. The molecule has 4 heteroatoms. The first-order chi connectivity index (χ1) is 9.11. The zero-order valence-electron chi connectivity index (χ0n) is 10.3. The summed E-state index contributed by atoms with van der Waals surface area (Å²) in [5, 5.41) is 2.80. The minimum absolute atomic E-state index is 0.169.